The summed E-state index contributed by atoms with van der Waals surface area (Å²) in [5, 5.41) is 2.67. The van der Waals surface area contributed by atoms with E-state index in [2.05, 4.69) is 5.32 Å². The highest BCUT2D eigenvalue weighted by molar-refractivity contribution is 7.90. The molecule has 0 aliphatic carbocycles. The van der Waals surface area contributed by atoms with Crippen LogP contribution < -0.4 is 5.32 Å². The van der Waals surface area contributed by atoms with Crippen LogP contribution in [-0.4, -0.2) is 20.6 Å². The minimum Gasteiger partial charge on any atom is -0.326 e. The second-order valence-electron chi connectivity index (χ2n) is 3.63. The van der Waals surface area contributed by atoms with E-state index in [0.29, 0.717) is 12.1 Å². The van der Waals surface area contributed by atoms with Gasteiger partial charge in [-0.1, -0.05) is 6.92 Å². The normalized spacial score (nSPS) is 9.94. The van der Waals surface area contributed by atoms with Crippen LogP contribution in [0.15, 0.2) is 23.1 Å². The fraction of sp³-hybridized carbons (Fsp3) is 0.364. The van der Waals surface area contributed by atoms with Gasteiger partial charge in [-0.3, -0.25) is 4.79 Å². The van der Waals surface area contributed by atoms with Crippen molar-refractivity contribution in [3.05, 3.63) is 23.8 Å². The molecule has 0 bridgehead atoms. The zero-order valence-corrected chi connectivity index (χ0v) is 12.8. The first-order valence-electron chi connectivity index (χ1n) is 4.95. The first kappa shape index (κ1) is 19.6. The molecular weight excluding hydrogens is 297 g/mol. The second-order valence-corrected chi connectivity index (χ2v) is 5.64. The summed E-state index contributed by atoms with van der Waals surface area (Å²) in [4.78, 5) is 11.2. The van der Waals surface area contributed by atoms with Gasteiger partial charge in [0, 0.05) is 18.9 Å². The molecule has 7 heteroatoms. The number of halogens is 2. The van der Waals surface area contributed by atoms with Crippen molar-refractivity contribution in [3.63, 3.8) is 0 Å². The van der Waals surface area contributed by atoms with Crippen LogP contribution in [0, 0.1) is 0 Å². The highest BCUT2D eigenvalue weighted by atomic mass is 35.5. The van der Waals surface area contributed by atoms with E-state index < -0.39 is 9.84 Å². The summed E-state index contributed by atoms with van der Waals surface area (Å²) in [5.41, 5.74) is 1.49. The number of anilines is 1. The van der Waals surface area contributed by atoms with Crippen molar-refractivity contribution < 1.29 is 13.2 Å². The summed E-state index contributed by atoms with van der Waals surface area (Å²) in [6.45, 7) is 3.33. The number of amides is 1. The molecule has 0 aromatic heterocycles. The molecule has 18 heavy (non-hydrogen) atoms. The zero-order valence-electron chi connectivity index (χ0n) is 10.4. The Morgan fingerprint density at radius 2 is 1.83 bits per heavy atom. The summed E-state index contributed by atoms with van der Waals surface area (Å²) in [5.74, 6) is -0.165. The SMILES string of the molecule is CCc1cc(S(C)(=O)=O)ccc1NC(C)=O.Cl.Cl. The molecule has 1 N–H and O–H groups in total. The molecule has 0 heterocycles. The third-order valence-corrected chi connectivity index (χ3v) is 3.31. The summed E-state index contributed by atoms with van der Waals surface area (Å²) in [7, 11) is -3.19. The van der Waals surface area contributed by atoms with Crippen LogP contribution in [0.3, 0.4) is 0 Å². The Labute approximate surface area is 120 Å². The lowest BCUT2D eigenvalue weighted by molar-refractivity contribution is -0.114. The van der Waals surface area contributed by atoms with E-state index in [9.17, 15) is 13.2 Å². The van der Waals surface area contributed by atoms with Gasteiger partial charge in [0.05, 0.1) is 4.90 Å². The molecule has 0 saturated carbocycles. The molecule has 0 aliphatic rings. The molecule has 0 spiro atoms. The lowest BCUT2D eigenvalue weighted by Gasteiger charge is -2.09. The van der Waals surface area contributed by atoms with Crippen molar-refractivity contribution in [2.75, 3.05) is 11.6 Å². The van der Waals surface area contributed by atoms with Crippen molar-refractivity contribution in [1.82, 2.24) is 0 Å². The average Bonchev–Trinajstić information content (AvgIpc) is 2.15. The van der Waals surface area contributed by atoms with E-state index in [1.165, 1.54) is 19.2 Å². The Morgan fingerprint density at radius 1 is 1.28 bits per heavy atom. The van der Waals surface area contributed by atoms with Gasteiger partial charge in [-0.05, 0) is 30.2 Å². The molecule has 1 amide bonds. The fourth-order valence-electron chi connectivity index (χ4n) is 1.40. The van der Waals surface area contributed by atoms with Crippen molar-refractivity contribution in [3.8, 4) is 0 Å². The Morgan fingerprint density at radius 3 is 2.22 bits per heavy atom. The molecular formula is C11H17Cl2NO3S. The van der Waals surface area contributed by atoms with Gasteiger partial charge in [0.1, 0.15) is 0 Å². The standard InChI is InChI=1S/C11H15NO3S.2ClH/c1-4-9-7-10(16(3,14)15)5-6-11(9)12-8(2)13;;/h5-7H,4H2,1-3H3,(H,12,13);2*1H. The number of aryl methyl sites for hydroxylation is 1. The predicted molar refractivity (Wildman–Crippen MR) is 77.7 cm³/mol. The number of hydrogen-bond donors (Lipinski definition) is 1. The second kappa shape index (κ2) is 7.61. The third-order valence-electron chi connectivity index (χ3n) is 2.20. The van der Waals surface area contributed by atoms with Crippen LogP contribution in [0.4, 0.5) is 5.69 Å². The number of rotatable bonds is 3. The molecule has 0 fully saturated rings. The summed E-state index contributed by atoms with van der Waals surface area (Å²) >= 11 is 0. The fourth-order valence-corrected chi connectivity index (χ4v) is 2.08. The number of benzene rings is 1. The highest BCUT2D eigenvalue weighted by Crippen LogP contribution is 2.21. The van der Waals surface area contributed by atoms with Gasteiger partial charge in [0.15, 0.2) is 9.84 Å². The average molecular weight is 314 g/mol. The molecule has 0 saturated heterocycles. The molecule has 0 aliphatic heterocycles. The smallest absolute Gasteiger partial charge is 0.221 e. The number of hydrogen-bond acceptors (Lipinski definition) is 3. The van der Waals surface area contributed by atoms with Gasteiger partial charge in [-0.2, -0.15) is 0 Å². The molecule has 104 valence electrons. The van der Waals surface area contributed by atoms with E-state index in [-0.39, 0.29) is 35.6 Å². The minimum absolute atomic E-state index is 0. The van der Waals surface area contributed by atoms with Gasteiger partial charge in [-0.25, -0.2) is 8.42 Å². The van der Waals surface area contributed by atoms with Crippen LogP contribution in [0.2, 0.25) is 0 Å². The van der Waals surface area contributed by atoms with Gasteiger partial charge < -0.3 is 5.32 Å². The largest absolute Gasteiger partial charge is 0.326 e. The van der Waals surface area contributed by atoms with Gasteiger partial charge in [-0.15, -0.1) is 24.8 Å². The first-order valence-corrected chi connectivity index (χ1v) is 6.84. The maximum atomic E-state index is 11.3. The number of sulfone groups is 1. The summed E-state index contributed by atoms with van der Waals surface area (Å²) < 4.78 is 22.7. The molecule has 0 atom stereocenters. The van der Waals surface area contributed by atoms with Crippen LogP contribution in [-0.2, 0) is 21.1 Å². The lowest BCUT2D eigenvalue weighted by Crippen LogP contribution is -2.09. The highest BCUT2D eigenvalue weighted by Gasteiger charge is 2.10. The Kier molecular flexibility index (Phi) is 8.27. The quantitative estimate of drug-likeness (QED) is 0.932. The van der Waals surface area contributed by atoms with Crippen molar-refractivity contribution in [1.29, 1.82) is 0 Å². The van der Waals surface area contributed by atoms with Crippen LogP contribution in [0.5, 0.6) is 0 Å². The number of carbonyl (C=O) groups is 1. The predicted octanol–water partition coefficient (Wildman–Crippen LogP) is 2.45. The van der Waals surface area contributed by atoms with Gasteiger partial charge in [0.2, 0.25) is 5.91 Å². The molecule has 1 rings (SSSR count). The molecule has 0 radical (unpaired) electrons. The Hall–Kier alpha value is -0.780. The van der Waals surface area contributed by atoms with E-state index in [1.54, 1.807) is 12.1 Å². The van der Waals surface area contributed by atoms with Crippen LogP contribution in [0.1, 0.15) is 19.4 Å². The topological polar surface area (TPSA) is 63.2 Å². The third kappa shape index (κ3) is 5.25. The van der Waals surface area contributed by atoms with E-state index >= 15 is 0 Å². The summed E-state index contributed by atoms with van der Waals surface area (Å²) in [6, 6.07) is 4.72. The number of nitrogens with one attached hydrogen (secondary N) is 1. The molecule has 1 aromatic rings. The van der Waals surface area contributed by atoms with E-state index in [1.807, 2.05) is 6.92 Å². The van der Waals surface area contributed by atoms with Gasteiger partial charge >= 0.3 is 0 Å². The number of carbonyl (C=O) groups excluding carboxylic acids is 1. The van der Waals surface area contributed by atoms with E-state index in [4.69, 9.17) is 0 Å². The first-order chi connectivity index (χ1) is 7.34. The van der Waals surface area contributed by atoms with Gasteiger partial charge in [0.25, 0.3) is 0 Å². The Bertz CT molecular complexity index is 515. The molecule has 4 nitrogen and oxygen atoms in total. The van der Waals surface area contributed by atoms with Crippen molar-refractivity contribution in [2.45, 2.75) is 25.2 Å². The van der Waals surface area contributed by atoms with Crippen molar-refractivity contribution >= 4 is 46.2 Å². The zero-order chi connectivity index (χ0) is 12.3. The minimum atomic E-state index is -3.19. The van der Waals surface area contributed by atoms with E-state index in [0.717, 1.165) is 5.56 Å². The Balaban J connectivity index is 0. The monoisotopic (exact) mass is 313 g/mol. The van der Waals surface area contributed by atoms with Crippen LogP contribution in [0.25, 0.3) is 0 Å². The summed E-state index contributed by atoms with van der Waals surface area (Å²) in [6.07, 6.45) is 1.83. The van der Waals surface area contributed by atoms with Crippen LogP contribution >= 0.6 is 24.8 Å². The maximum Gasteiger partial charge on any atom is 0.221 e. The molecule has 0 unspecified atom stereocenters. The molecule has 1 aromatic carbocycles. The van der Waals surface area contributed by atoms with Crippen molar-refractivity contribution in [2.24, 2.45) is 0 Å². The maximum absolute atomic E-state index is 11.3. The lowest BCUT2D eigenvalue weighted by atomic mass is 10.1.